The molecule has 0 aromatic carbocycles. The average Bonchev–Trinajstić information content (AvgIpc) is 2.87. The van der Waals surface area contributed by atoms with E-state index < -0.39 is 5.97 Å². The molecule has 0 aliphatic rings. The van der Waals surface area contributed by atoms with Gasteiger partial charge in [-0.15, -0.1) is 0 Å². The van der Waals surface area contributed by atoms with Gasteiger partial charge in [0.25, 0.3) is 0 Å². The summed E-state index contributed by atoms with van der Waals surface area (Å²) in [6.45, 7) is 6.12. The molecule has 0 aliphatic heterocycles. The molecule has 2 aromatic heterocycles. The van der Waals surface area contributed by atoms with Crippen LogP contribution in [0, 0.1) is 6.92 Å². The molecule has 0 bridgehead atoms. The second-order valence-corrected chi connectivity index (χ2v) is 4.35. The SMILES string of the molecule is CCOC=Nc1c(C(=O)OCC)oc2nc(OC)cc(C)c12. The molecule has 0 saturated heterocycles. The molecule has 118 valence electrons. The second kappa shape index (κ2) is 6.93. The minimum absolute atomic E-state index is 0.00310. The number of aliphatic imine (C=N–C) groups is 1. The summed E-state index contributed by atoms with van der Waals surface area (Å²) in [6, 6.07) is 1.74. The van der Waals surface area contributed by atoms with Gasteiger partial charge in [-0.3, -0.25) is 0 Å². The summed E-state index contributed by atoms with van der Waals surface area (Å²) in [5, 5.41) is 0.625. The fraction of sp³-hybridized carbons (Fsp3) is 0.400. The molecule has 0 amide bonds. The highest BCUT2D eigenvalue weighted by Gasteiger charge is 2.24. The molecule has 22 heavy (non-hydrogen) atoms. The van der Waals surface area contributed by atoms with Crippen molar-refractivity contribution < 1.29 is 23.4 Å². The summed E-state index contributed by atoms with van der Waals surface area (Å²) in [6.07, 6.45) is 1.27. The largest absolute Gasteiger partial charge is 0.483 e. The Morgan fingerprint density at radius 1 is 1.41 bits per heavy atom. The molecule has 0 radical (unpaired) electrons. The average molecular weight is 306 g/mol. The number of nitrogens with zero attached hydrogens (tertiary/aromatic N) is 2. The molecule has 7 heteroatoms. The number of carbonyl (C=O) groups is 1. The maximum Gasteiger partial charge on any atom is 0.376 e. The fourth-order valence-electron chi connectivity index (χ4n) is 1.96. The topological polar surface area (TPSA) is 83.2 Å². The number of hydrogen-bond donors (Lipinski definition) is 0. The third-order valence-electron chi connectivity index (χ3n) is 2.90. The van der Waals surface area contributed by atoms with Crippen LogP contribution in [0.15, 0.2) is 15.5 Å². The van der Waals surface area contributed by atoms with Gasteiger partial charge < -0.3 is 18.6 Å². The number of ether oxygens (including phenoxy) is 3. The number of esters is 1. The van der Waals surface area contributed by atoms with Crippen LogP contribution in [0.4, 0.5) is 5.69 Å². The fourth-order valence-corrected chi connectivity index (χ4v) is 1.96. The lowest BCUT2D eigenvalue weighted by Crippen LogP contribution is -2.03. The van der Waals surface area contributed by atoms with E-state index in [2.05, 4.69) is 9.98 Å². The van der Waals surface area contributed by atoms with E-state index >= 15 is 0 Å². The Balaban J connectivity index is 2.63. The van der Waals surface area contributed by atoms with Crippen LogP contribution in [0.5, 0.6) is 5.88 Å². The first kappa shape index (κ1) is 15.8. The molecule has 0 atom stereocenters. The molecule has 2 aromatic rings. The Bertz CT molecular complexity index is 706. The summed E-state index contributed by atoms with van der Waals surface area (Å²) in [5.41, 5.74) is 1.43. The van der Waals surface area contributed by atoms with Gasteiger partial charge >= 0.3 is 5.97 Å². The molecule has 2 heterocycles. The van der Waals surface area contributed by atoms with Crippen molar-refractivity contribution in [2.75, 3.05) is 20.3 Å². The van der Waals surface area contributed by atoms with Crippen molar-refractivity contribution in [2.45, 2.75) is 20.8 Å². The molecule has 0 fully saturated rings. The molecular weight excluding hydrogens is 288 g/mol. The molecule has 0 aliphatic carbocycles. The molecule has 0 N–H and O–H groups in total. The van der Waals surface area contributed by atoms with Gasteiger partial charge in [0, 0.05) is 6.07 Å². The van der Waals surface area contributed by atoms with Crippen molar-refractivity contribution in [3.05, 3.63) is 17.4 Å². The maximum atomic E-state index is 12.0. The monoisotopic (exact) mass is 306 g/mol. The molecule has 0 saturated carbocycles. The summed E-state index contributed by atoms with van der Waals surface area (Å²) in [7, 11) is 1.51. The zero-order valence-corrected chi connectivity index (χ0v) is 13.0. The van der Waals surface area contributed by atoms with Crippen LogP contribution >= 0.6 is 0 Å². The predicted octanol–water partition coefficient (Wildman–Crippen LogP) is 3.02. The molecule has 0 spiro atoms. The van der Waals surface area contributed by atoms with Gasteiger partial charge in [0.05, 0.1) is 25.7 Å². The highest BCUT2D eigenvalue weighted by molar-refractivity contribution is 6.04. The zero-order valence-electron chi connectivity index (χ0n) is 13.0. The number of furan rings is 1. The van der Waals surface area contributed by atoms with Crippen molar-refractivity contribution in [3.8, 4) is 5.88 Å². The van der Waals surface area contributed by atoms with Gasteiger partial charge in [-0.1, -0.05) is 0 Å². The summed E-state index contributed by atoms with van der Waals surface area (Å²) in [4.78, 5) is 20.4. The third-order valence-corrected chi connectivity index (χ3v) is 2.90. The highest BCUT2D eigenvalue weighted by atomic mass is 16.5. The lowest BCUT2D eigenvalue weighted by atomic mass is 10.1. The van der Waals surface area contributed by atoms with Gasteiger partial charge in [0.2, 0.25) is 17.4 Å². The summed E-state index contributed by atoms with van der Waals surface area (Å²) in [5.74, 6) is -0.200. The Morgan fingerprint density at radius 3 is 2.82 bits per heavy atom. The second-order valence-electron chi connectivity index (χ2n) is 4.35. The Hall–Kier alpha value is -2.57. The molecule has 0 unspecified atom stereocenters. The van der Waals surface area contributed by atoms with E-state index in [4.69, 9.17) is 18.6 Å². The zero-order chi connectivity index (χ0) is 16.1. The minimum Gasteiger partial charge on any atom is -0.483 e. The number of rotatable bonds is 6. The smallest absolute Gasteiger partial charge is 0.376 e. The summed E-state index contributed by atoms with van der Waals surface area (Å²) >= 11 is 0. The van der Waals surface area contributed by atoms with Crippen molar-refractivity contribution in [1.29, 1.82) is 0 Å². The van der Waals surface area contributed by atoms with Gasteiger partial charge in [0.1, 0.15) is 5.69 Å². The Morgan fingerprint density at radius 2 is 2.18 bits per heavy atom. The van der Waals surface area contributed by atoms with Crippen molar-refractivity contribution in [2.24, 2.45) is 4.99 Å². The van der Waals surface area contributed by atoms with E-state index in [0.29, 0.717) is 23.6 Å². The van der Waals surface area contributed by atoms with E-state index in [9.17, 15) is 4.79 Å². The van der Waals surface area contributed by atoms with E-state index in [0.717, 1.165) is 5.56 Å². The number of methoxy groups -OCH3 is 1. The number of hydrogen-bond acceptors (Lipinski definition) is 7. The number of fused-ring (bicyclic) bond motifs is 1. The molecular formula is C15H18N2O5. The number of carbonyl (C=O) groups excluding carboxylic acids is 1. The van der Waals surface area contributed by atoms with Crippen LogP contribution < -0.4 is 4.74 Å². The van der Waals surface area contributed by atoms with Gasteiger partial charge in [0.15, 0.2) is 6.40 Å². The van der Waals surface area contributed by atoms with E-state index in [1.807, 2.05) is 13.8 Å². The van der Waals surface area contributed by atoms with Crippen molar-refractivity contribution in [1.82, 2.24) is 4.98 Å². The predicted molar refractivity (Wildman–Crippen MR) is 81.0 cm³/mol. The van der Waals surface area contributed by atoms with Crippen LogP contribution in [-0.4, -0.2) is 37.7 Å². The van der Waals surface area contributed by atoms with E-state index in [1.165, 1.54) is 13.5 Å². The van der Waals surface area contributed by atoms with Crippen LogP contribution in [-0.2, 0) is 9.47 Å². The first-order valence-electron chi connectivity index (χ1n) is 6.91. The normalized spacial score (nSPS) is 11.1. The van der Waals surface area contributed by atoms with Crippen LogP contribution in [0.3, 0.4) is 0 Å². The van der Waals surface area contributed by atoms with Gasteiger partial charge in [-0.2, -0.15) is 4.98 Å². The minimum atomic E-state index is -0.595. The number of aryl methyl sites for hydroxylation is 1. The molecule has 7 nitrogen and oxygen atoms in total. The van der Waals surface area contributed by atoms with Crippen LogP contribution in [0.1, 0.15) is 30.0 Å². The van der Waals surface area contributed by atoms with Crippen LogP contribution in [0.25, 0.3) is 11.1 Å². The van der Waals surface area contributed by atoms with Gasteiger partial charge in [-0.05, 0) is 26.3 Å². The lowest BCUT2D eigenvalue weighted by Gasteiger charge is -2.01. The van der Waals surface area contributed by atoms with Crippen molar-refractivity contribution in [3.63, 3.8) is 0 Å². The quantitative estimate of drug-likeness (QED) is 0.463. The van der Waals surface area contributed by atoms with Crippen LogP contribution in [0.2, 0.25) is 0 Å². The standard InChI is InChI=1S/C15H18N2O5/c1-5-20-8-16-12-11-9(3)7-10(19-4)17-14(11)22-13(12)15(18)21-6-2/h7-8H,5-6H2,1-4H3. The van der Waals surface area contributed by atoms with Crippen molar-refractivity contribution >= 4 is 29.2 Å². The maximum absolute atomic E-state index is 12.0. The third kappa shape index (κ3) is 3.03. The lowest BCUT2D eigenvalue weighted by molar-refractivity contribution is 0.0493. The summed E-state index contributed by atoms with van der Waals surface area (Å²) < 4.78 is 20.7. The van der Waals surface area contributed by atoms with E-state index in [1.54, 1.807) is 13.0 Å². The molecule has 2 rings (SSSR count). The first-order valence-corrected chi connectivity index (χ1v) is 6.91. The first-order chi connectivity index (χ1) is 10.6. The number of pyridine rings is 1. The Kier molecular flexibility index (Phi) is 4.98. The number of aromatic nitrogens is 1. The highest BCUT2D eigenvalue weighted by Crippen LogP contribution is 2.36. The Labute approximate surface area is 127 Å². The van der Waals surface area contributed by atoms with E-state index in [-0.39, 0.29) is 18.1 Å². The van der Waals surface area contributed by atoms with Gasteiger partial charge in [-0.25, -0.2) is 9.79 Å².